The van der Waals surface area contributed by atoms with E-state index in [1.807, 2.05) is 16.9 Å². The van der Waals surface area contributed by atoms with E-state index in [4.69, 9.17) is 10.5 Å². The van der Waals surface area contributed by atoms with Gasteiger partial charge in [0.1, 0.15) is 5.82 Å². The number of nitrogen functional groups attached to an aromatic ring is 1. The van der Waals surface area contributed by atoms with Crippen molar-refractivity contribution in [3.05, 3.63) is 12.3 Å². The van der Waals surface area contributed by atoms with Gasteiger partial charge in [-0.15, -0.1) is 0 Å². The highest BCUT2D eigenvalue weighted by Crippen LogP contribution is 2.12. The summed E-state index contributed by atoms with van der Waals surface area (Å²) in [6.45, 7) is 3.97. The molecule has 2 heterocycles. The van der Waals surface area contributed by atoms with E-state index >= 15 is 0 Å². The number of rotatable bonds is 6. The van der Waals surface area contributed by atoms with Crippen LogP contribution in [0.15, 0.2) is 12.3 Å². The molecule has 0 aromatic carbocycles. The molecule has 96 valence electrons. The van der Waals surface area contributed by atoms with Crippen molar-refractivity contribution in [1.82, 2.24) is 14.7 Å². The molecule has 1 aliphatic rings. The van der Waals surface area contributed by atoms with Gasteiger partial charge in [-0.3, -0.25) is 4.68 Å². The van der Waals surface area contributed by atoms with Gasteiger partial charge in [0.15, 0.2) is 0 Å². The predicted octanol–water partition coefficient (Wildman–Crippen LogP) is 0.966. The minimum atomic E-state index is 0.445. The predicted molar refractivity (Wildman–Crippen MR) is 67.7 cm³/mol. The third-order valence-electron chi connectivity index (χ3n) is 3.13. The van der Waals surface area contributed by atoms with Crippen LogP contribution >= 0.6 is 0 Å². The summed E-state index contributed by atoms with van der Waals surface area (Å²) in [5.74, 6) is 0.595. The van der Waals surface area contributed by atoms with Crippen molar-refractivity contribution < 1.29 is 4.74 Å². The molecule has 1 unspecified atom stereocenters. The number of nitrogens with two attached hydrogens (primary N) is 1. The van der Waals surface area contributed by atoms with Gasteiger partial charge in [-0.1, -0.05) is 0 Å². The number of aromatic nitrogens is 2. The molecule has 0 saturated carbocycles. The fraction of sp³-hybridized carbons (Fsp3) is 0.750. The molecule has 1 aromatic heterocycles. The summed E-state index contributed by atoms with van der Waals surface area (Å²) in [6.07, 6.45) is 5.88. The maximum Gasteiger partial charge on any atom is 0.145 e. The molecule has 0 spiro atoms. The van der Waals surface area contributed by atoms with Crippen LogP contribution in [0.3, 0.4) is 0 Å². The maximum atomic E-state index is 5.62. The van der Waals surface area contributed by atoms with Crippen molar-refractivity contribution in [2.24, 2.45) is 0 Å². The maximum absolute atomic E-state index is 5.62. The lowest BCUT2D eigenvalue weighted by Gasteiger charge is -2.20. The number of aryl methyl sites for hydroxylation is 1. The van der Waals surface area contributed by atoms with E-state index < -0.39 is 0 Å². The Morgan fingerprint density at radius 2 is 2.53 bits per heavy atom. The lowest BCUT2D eigenvalue weighted by molar-refractivity contribution is 0.0805. The number of likely N-dealkylation sites (N-methyl/N-ethyl adjacent to an activating group) is 1. The first-order chi connectivity index (χ1) is 8.24. The Kier molecular flexibility index (Phi) is 4.39. The highest BCUT2D eigenvalue weighted by molar-refractivity contribution is 5.23. The summed E-state index contributed by atoms with van der Waals surface area (Å²) >= 11 is 0. The zero-order valence-corrected chi connectivity index (χ0v) is 10.5. The molecule has 2 rings (SSSR count). The van der Waals surface area contributed by atoms with Crippen molar-refractivity contribution >= 4 is 5.82 Å². The standard InChI is InChI=1S/C12H22N4O/c1-15(10-11-4-2-9-17-11)6-3-7-16-8-5-12(13)14-16/h5,8,11H,2-4,6-7,9-10H2,1H3,(H2,13,14). The minimum absolute atomic E-state index is 0.445. The molecule has 17 heavy (non-hydrogen) atoms. The van der Waals surface area contributed by atoms with Crippen molar-refractivity contribution in [1.29, 1.82) is 0 Å². The SMILES string of the molecule is CN(CCCn1ccc(N)n1)CC1CCCO1. The van der Waals surface area contributed by atoms with E-state index in [-0.39, 0.29) is 0 Å². The summed E-state index contributed by atoms with van der Waals surface area (Å²) in [4.78, 5) is 2.34. The lowest BCUT2D eigenvalue weighted by atomic mass is 10.2. The van der Waals surface area contributed by atoms with E-state index in [1.165, 1.54) is 12.8 Å². The van der Waals surface area contributed by atoms with Gasteiger partial charge in [0.25, 0.3) is 0 Å². The lowest BCUT2D eigenvalue weighted by Crippen LogP contribution is -2.30. The van der Waals surface area contributed by atoms with Gasteiger partial charge in [-0.25, -0.2) is 0 Å². The van der Waals surface area contributed by atoms with Crippen LogP contribution in [0.5, 0.6) is 0 Å². The molecule has 0 radical (unpaired) electrons. The average Bonchev–Trinajstić information content (AvgIpc) is 2.90. The van der Waals surface area contributed by atoms with Gasteiger partial charge in [-0.2, -0.15) is 5.10 Å². The van der Waals surface area contributed by atoms with Crippen LogP contribution in [-0.2, 0) is 11.3 Å². The van der Waals surface area contributed by atoms with Gasteiger partial charge in [0.05, 0.1) is 6.10 Å². The van der Waals surface area contributed by atoms with E-state index in [0.717, 1.165) is 32.7 Å². The minimum Gasteiger partial charge on any atom is -0.382 e. The van der Waals surface area contributed by atoms with Crippen LogP contribution in [0.25, 0.3) is 0 Å². The van der Waals surface area contributed by atoms with Crippen LogP contribution < -0.4 is 5.73 Å². The molecular weight excluding hydrogens is 216 g/mol. The van der Waals surface area contributed by atoms with E-state index in [1.54, 1.807) is 0 Å². The molecule has 0 aliphatic carbocycles. The van der Waals surface area contributed by atoms with Crippen molar-refractivity contribution in [3.8, 4) is 0 Å². The highest BCUT2D eigenvalue weighted by Gasteiger charge is 2.16. The van der Waals surface area contributed by atoms with Crippen molar-refractivity contribution in [2.45, 2.75) is 31.9 Å². The molecule has 0 bridgehead atoms. The van der Waals surface area contributed by atoms with Crippen LogP contribution in [0, 0.1) is 0 Å². The first-order valence-electron chi connectivity index (χ1n) is 6.33. The normalized spacial score (nSPS) is 20.2. The van der Waals surface area contributed by atoms with Gasteiger partial charge >= 0.3 is 0 Å². The smallest absolute Gasteiger partial charge is 0.145 e. The molecule has 1 saturated heterocycles. The monoisotopic (exact) mass is 238 g/mol. The van der Waals surface area contributed by atoms with E-state index in [2.05, 4.69) is 17.0 Å². The van der Waals surface area contributed by atoms with Gasteiger partial charge in [0.2, 0.25) is 0 Å². The first kappa shape index (κ1) is 12.4. The second kappa shape index (κ2) is 6.02. The molecule has 1 aliphatic heterocycles. The first-order valence-corrected chi connectivity index (χ1v) is 6.33. The summed E-state index contributed by atoms with van der Waals surface area (Å²) in [7, 11) is 2.15. The number of hydrogen-bond acceptors (Lipinski definition) is 4. The van der Waals surface area contributed by atoms with Crippen molar-refractivity contribution in [3.63, 3.8) is 0 Å². The number of nitrogens with zero attached hydrogens (tertiary/aromatic N) is 3. The molecule has 0 amide bonds. The topological polar surface area (TPSA) is 56.3 Å². The van der Waals surface area contributed by atoms with Gasteiger partial charge in [-0.05, 0) is 38.9 Å². The Bertz CT molecular complexity index is 333. The fourth-order valence-corrected chi connectivity index (χ4v) is 2.23. The molecule has 1 atom stereocenters. The second-order valence-corrected chi connectivity index (χ2v) is 4.75. The van der Waals surface area contributed by atoms with Crippen LogP contribution in [0.2, 0.25) is 0 Å². The quantitative estimate of drug-likeness (QED) is 0.802. The zero-order valence-electron chi connectivity index (χ0n) is 10.5. The number of hydrogen-bond donors (Lipinski definition) is 1. The van der Waals surface area contributed by atoms with Crippen LogP contribution in [0.1, 0.15) is 19.3 Å². The highest BCUT2D eigenvalue weighted by atomic mass is 16.5. The summed E-state index contributed by atoms with van der Waals surface area (Å²) in [5, 5.41) is 4.16. The summed E-state index contributed by atoms with van der Waals surface area (Å²) < 4.78 is 7.51. The third-order valence-corrected chi connectivity index (χ3v) is 3.13. The number of anilines is 1. The van der Waals surface area contributed by atoms with Gasteiger partial charge < -0.3 is 15.4 Å². The molecule has 2 N–H and O–H groups in total. The Morgan fingerprint density at radius 1 is 1.65 bits per heavy atom. The van der Waals surface area contributed by atoms with Crippen LogP contribution in [-0.4, -0.2) is 47.5 Å². The Labute approximate surface area is 103 Å². The Balaban J connectivity index is 1.60. The Morgan fingerprint density at radius 3 is 3.18 bits per heavy atom. The summed E-state index contributed by atoms with van der Waals surface area (Å²) in [6, 6.07) is 1.83. The largest absolute Gasteiger partial charge is 0.382 e. The van der Waals surface area contributed by atoms with Gasteiger partial charge in [0, 0.05) is 25.9 Å². The molecule has 5 nitrogen and oxygen atoms in total. The molecule has 1 aromatic rings. The summed E-state index contributed by atoms with van der Waals surface area (Å²) in [5.41, 5.74) is 5.56. The van der Waals surface area contributed by atoms with Crippen LogP contribution in [0.4, 0.5) is 5.82 Å². The Hall–Kier alpha value is -1.07. The second-order valence-electron chi connectivity index (χ2n) is 4.75. The van der Waals surface area contributed by atoms with E-state index in [9.17, 15) is 0 Å². The van der Waals surface area contributed by atoms with E-state index in [0.29, 0.717) is 11.9 Å². The molecular formula is C12H22N4O. The fourth-order valence-electron chi connectivity index (χ4n) is 2.23. The molecule has 1 fully saturated rings. The van der Waals surface area contributed by atoms with Crippen molar-refractivity contribution in [2.75, 3.05) is 32.5 Å². The molecule has 5 heteroatoms. The average molecular weight is 238 g/mol. The zero-order chi connectivity index (χ0) is 12.1. The number of ether oxygens (including phenoxy) is 1. The third kappa shape index (κ3) is 4.02.